The number of likely N-dealkylation sites (tertiary alicyclic amines) is 1. The van der Waals surface area contributed by atoms with Crippen molar-refractivity contribution in [3.63, 3.8) is 0 Å². The zero-order valence-electron chi connectivity index (χ0n) is 9.87. The van der Waals surface area contributed by atoms with E-state index >= 15 is 0 Å². The Balaban J connectivity index is 2.13. The van der Waals surface area contributed by atoms with Crippen molar-refractivity contribution in [2.24, 2.45) is 5.73 Å². The van der Waals surface area contributed by atoms with E-state index in [1.807, 2.05) is 18.2 Å². The molecular weight excluding hydrogens is 216 g/mol. The molecule has 0 saturated carbocycles. The Kier molecular flexibility index (Phi) is 4.12. The highest BCUT2D eigenvalue weighted by Crippen LogP contribution is 2.27. The molecule has 0 aliphatic carbocycles. The van der Waals surface area contributed by atoms with Gasteiger partial charge in [-0.25, -0.2) is 0 Å². The average Bonchev–Trinajstić information content (AvgIpc) is 2.67. The lowest BCUT2D eigenvalue weighted by atomic mass is 10.0. The van der Waals surface area contributed by atoms with Crippen LogP contribution in [0, 0.1) is 0 Å². The van der Waals surface area contributed by atoms with Crippen molar-refractivity contribution in [1.82, 2.24) is 4.90 Å². The molecule has 0 bridgehead atoms. The fraction of sp³-hybridized carbons (Fsp3) is 0.538. The van der Waals surface area contributed by atoms with Crippen LogP contribution in [-0.4, -0.2) is 47.0 Å². The first-order valence-electron chi connectivity index (χ1n) is 6.07. The Hall–Kier alpha value is -0.940. The van der Waals surface area contributed by atoms with Crippen LogP contribution in [0.5, 0.6) is 0 Å². The molecule has 3 unspecified atom stereocenters. The van der Waals surface area contributed by atoms with Crippen molar-refractivity contribution in [3.05, 3.63) is 35.9 Å². The molecule has 2 rings (SSSR count). The smallest absolute Gasteiger partial charge is 0.0938 e. The van der Waals surface area contributed by atoms with Crippen molar-refractivity contribution in [3.8, 4) is 0 Å². The molecule has 94 valence electrons. The van der Waals surface area contributed by atoms with E-state index in [0.717, 1.165) is 6.42 Å². The van der Waals surface area contributed by atoms with Crippen molar-refractivity contribution >= 4 is 0 Å². The monoisotopic (exact) mass is 236 g/mol. The van der Waals surface area contributed by atoms with Crippen LogP contribution >= 0.6 is 0 Å². The largest absolute Gasteiger partial charge is 0.389 e. The molecule has 4 heteroatoms. The normalized spacial score (nSPS) is 27.2. The van der Waals surface area contributed by atoms with Crippen LogP contribution in [0.1, 0.15) is 18.0 Å². The highest BCUT2D eigenvalue weighted by atomic mass is 16.3. The van der Waals surface area contributed by atoms with Gasteiger partial charge >= 0.3 is 0 Å². The van der Waals surface area contributed by atoms with Gasteiger partial charge in [0.2, 0.25) is 0 Å². The highest BCUT2D eigenvalue weighted by molar-refractivity contribution is 5.19. The van der Waals surface area contributed by atoms with Gasteiger partial charge in [-0.2, -0.15) is 0 Å². The SMILES string of the molecule is NCCC(c1ccccc1)N1CC(O)C(O)C1. The summed E-state index contributed by atoms with van der Waals surface area (Å²) < 4.78 is 0. The first-order chi connectivity index (χ1) is 8.22. The number of hydrogen-bond donors (Lipinski definition) is 3. The number of β-amino-alcohol motifs (C(OH)–C–C–N with tert-alkyl or cyclic N) is 2. The fourth-order valence-electron chi connectivity index (χ4n) is 2.45. The molecule has 0 radical (unpaired) electrons. The minimum atomic E-state index is -0.640. The lowest BCUT2D eigenvalue weighted by molar-refractivity contribution is 0.0572. The minimum Gasteiger partial charge on any atom is -0.389 e. The summed E-state index contributed by atoms with van der Waals surface area (Å²) >= 11 is 0. The van der Waals surface area contributed by atoms with Crippen LogP contribution < -0.4 is 5.73 Å². The van der Waals surface area contributed by atoms with E-state index in [0.29, 0.717) is 19.6 Å². The molecule has 0 amide bonds. The zero-order chi connectivity index (χ0) is 12.3. The number of aliphatic hydroxyl groups is 2. The minimum absolute atomic E-state index is 0.188. The Bertz CT molecular complexity index is 335. The van der Waals surface area contributed by atoms with Crippen molar-refractivity contribution in [2.45, 2.75) is 24.7 Å². The van der Waals surface area contributed by atoms with Gasteiger partial charge in [-0.1, -0.05) is 30.3 Å². The van der Waals surface area contributed by atoms with Crippen molar-refractivity contribution in [2.75, 3.05) is 19.6 Å². The van der Waals surface area contributed by atoms with Gasteiger partial charge in [-0.15, -0.1) is 0 Å². The summed E-state index contributed by atoms with van der Waals surface area (Å²) in [6, 6.07) is 10.3. The summed E-state index contributed by atoms with van der Waals surface area (Å²) in [6.07, 6.45) is -0.443. The van der Waals surface area contributed by atoms with Gasteiger partial charge in [0.15, 0.2) is 0 Å². The number of rotatable bonds is 4. The maximum atomic E-state index is 9.61. The van der Waals surface area contributed by atoms with Crippen LogP contribution in [-0.2, 0) is 0 Å². The number of benzene rings is 1. The van der Waals surface area contributed by atoms with Crippen molar-refractivity contribution < 1.29 is 10.2 Å². The van der Waals surface area contributed by atoms with Gasteiger partial charge in [0.1, 0.15) is 0 Å². The molecule has 1 aromatic rings. The van der Waals surface area contributed by atoms with Gasteiger partial charge in [-0.3, -0.25) is 4.90 Å². The summed E-state index contributed by atoms with van der Waals surface area (Å²) in [5, 5.41) is 19.2. The van der Waals surface area contributed by atoms with E-state index in [-0.39, 0.29) is 6.04 Å². The molecule has 3 atom stereocenters. The molecule has 17 heavy (non-hydrogen) atoms. The predicted octanol–water partition coefficient (Wildman–Crippen LogP) is 0.114. The van der Waals surface area contributed by atoms with Gasteiger partial charge in [0, 0.05) is 19.1 Å². The first kappa shape index (κ1) is 12.5. The second-order valence-corrected chi connectivity index (χ2v) is 4.59. The molecule has 1 saturated heterocycles. The standard InChI is InChI=1S/C13H20N2O2/c14-7-6-11(10-4-2-1-3-5-10)15-8-12(16)13(17)9-15/h1-5,11-13,16-17H,6-9,14H2. The second kappa shape index (κ2) is 5.60. The van der Waals surface area contributed by atoms with E-state index in [2.05, 4.69) is 17.0 Å². The summed E-state index contributed by atoms with van der Waals surface area (Å²) in [5.74, 6) is 0. The predicted molar refractivity (Wildman–Crippen MR) is 66.4 cm³/mol. The molecule has 1 aromatic carbocycles. The fourth-order valence-corrected chi connectivity index (χ4v) is 2.45. The molecule has 1 aliphatic rings. The summed E-state index contributed by atoms with van der Waals surface area (Å²) in [7, 11) is 0. The summed E-state index contributed by atoms with van der Waals surface area (Å²) in [6.45, 7) is 1.63. The Labute approximate surface area is 102 Å². The summed E-state index contributed by atoms with van der Waals surface area (Å²) in [4.78, 5) is 2.11. The maximum absolute atomic E-state index is 9.61. The number of nitrogens with two attached hydrogens (primary N) is 1. The van der Waals surface area contributed by atoms with Crippen LogP contribution in [0.3, 0.4) is 0 Å². The molecule has 0 spiro atoms. The van der Waals surface area contributed by atoms with Crippen LogP contribution in [0.15, 0.2) is 30.3 Å². The van der Waals surface area contributed by atoms with E-state index in [9.17, 15) is 10.2 Å². The number of aliphatic hydroxyl groups excluding tert-OH is 2. The van der Waals surface area contributed by atoms with E-state index in [4.69, 9.17) is 5.73 Å². The van der Waals surface area contributed by atoms with Crippen LogP contribution in [0.2, 0.25) is 0 Å². The molecule has 1 aliphatic heterocycles. The maximum Gasteiger partial charge on any atom is 0.0938 e. The molecule has 4 N–H and O–H groups in total. The summed E-state index contributed by atoms with van der Waals surface area (Å²) in [5.41, 5.74) is 6.85. The third kappa shape index (κ3) is 2.84. The average molecular weight is 236 g/mol. The quantitative estimate of drug-likeness (QED) is 0.694. The molecule has 1 fully saturated rings. The molecular formula is C13H20N2O2. The molecule has 1 heterocycles. The Morgan fingerprint density at radius 2 is 1.76 bits per heavy atom. The van der Waals surface area contributed by atoms with Crippen LogP contribution in [0.4, 0.5) is 0 Å². The van der Waals surface area contributed by atoms with Crippen LogP contribution in [0.25, 0.3) is 0 Å². The zero-order valence-corrected chi connectivity index (χ0v) is 9.87. The van der Waals surface area contributed by atoms with Gasteiger partial charge in [0.25, 0.3) is 0 Å². The Morgan fingerprint density at radius 3 is 2.29 bits per heavy atom. The number of hydrogen-bond acceptors (Lipinski definition) is 4. The number of nitrogens with zero attached hydrogens (tertiary/aromatic N) is 1. The lowest BCUT2D eigenvalue weighted by Gasteiger charge is -2.27. The Morgan fingerprint density at radius 1 is 1.18 bits per heavy atom. The van der Waals surface area contributed by atoms with E-state index < -0.39 is 12.2 Å². The molecule has 0 aromatic heterocycles. The third-order valence-electron chi connectivity index (χ3n) is 3.35. The molecule has 4 nitrogen and oxygen atoms in total. The van der Waals surface area contributed by atoms with Gasteiger partial charge < -0.3 is 15.9 Å². The lowest BCUT2D eigenvalue weighted by Crippen LogP contribution is -2.29. The van der Waals surface area contributed by atoms with E-state index in [1.54, 1.807) is 0 Å². The van der Waals surface area contributed by atoms with Gasteiger partial charge in [0.05, 0.1) is 12.2 Å². The van der Waals surface area contributed by atoms with E-state index in [1.165, 1.54) is 5.56 Å². The second-order valence-electron chi connectivity index (χ2n) is 4.59. The first-order valence-corrected chi connectivity index (χ1v) is 6.07. The van der Waals surface area contributed by atoms with Crippen molar-refractivity contribution in [1.29, 1.82) is 0 Å². The topological polar surface area (TPSA) is 69.7 Å². The van der Waals surface area contributed by atoms with Gasteiger partial charge in [-0.05, 0) is 18.5 Å². The third-order valence-corrected chi connectivity index (χ3v) is 3.35. The highest BCUT2D eigenvalue weighted by Gasteiger charge is 2.33.